The van der Waals surface area contributed by atoms with Crippen LogP contribution in [0.3, 0.4) is 0 Å². The molecular weight excluding hydrogens is 200 g/mol. The normalized spacial score (nSPS) is 16.2. The van der Waals surface area contributed by atoms with Gasteiger partial charge in [-0.2, -0.15) is 0 Å². The van der Waals surface area contributed by atoms with Gasteiger partial charge in [-0.1, -0.05) is 13.8 Å². The number of nitrogens with one attached hydrogen (secondary N) is 1. The Morgan fingerprint density at radius 2 is 2.31 bits per heavy atom. The average Bonchev–Trinajstić information content (AvgIpc) is 2.22. The van der Waals surface area contributed by atoms with Gasteiger partial charge in [-0.3, -0.25) is 4.98 Å². The van der Waals surface area contributed by atoms with Gasteiger partial charge in [0, 0.05) is 24.3 Å². The van der Waals surface area contributed by atoms with Crippen LogP contribution >= 0.6 is 0 Å². The summed E-state index contributed by atoms with van der Waals surface area (Å²) in [4.78, 5) is 4.13. The van der Waals surface area contributed by atoms with E-state index in [0.29, 0.717) is 12.1 Å². The monoisotopic (exact) mass is 220 g/mol. The van der Waals surface area contributed by atoms with Crippen LogP contribution in [0.5, 0.6) is 5.75 Å². The topological polar surface area (TPSA) is 34.2 Å². The Morgan fingerprint density at radius 3 is 2.94 bits per heavy atom. The predicted molar refractivity (Wildman–Crippen MR) is 64.5 cm³/mol. The summed E-state index contributed by atoms with van der Waals surface area (Å²) in [5, 5.41) is 3.40. The molecule has 1 saturated carbocycles. The molecular formula is C13H20N2O. The van der Waals surface area contributed by atoms with Crippen molar-refractivity contribution < 1.29 is 4.74 Å². The molecule has 0 bridgehead atoms. The smallest absolute Gasteiger partial charge is 0.142 e. The van der Waals surface area contributed by atoms with Crippen molar-refractivity contribution in [3.63, 3.8) is 0 Å². The first-order valence-corrected chi connectivity index (χ1v) is 6.08. The summed E-state index contributed by atoms with van der Waals surface area (Å²) in [6.07, 6.45) is 7.74. The van der Waals surface area contributed by atoms with Crippen molar-refractivity contribution in [1.82, 2.24) is 10.3 Å². The van der Waals surface area contributed by atoms with Gasteiger partial charge in [-0.05, 0) is 25.3 Å². The first-order chi connectivity index (χ1) is 7.75. The Balaban J connectivity index is 1.98. The maximum atomic E-state index is 5.91. The molecule has 1 N–H and O–H groups in total. The van der Waals surface area contributed by atoms with E-state index in [-0.39, 0.29) is 0 Å². The zero-order valence-corrected chi connectivity index (χ0v) is 10.1. The molecule has 0 atom stereocenters. The van der Waals surface area contributed by atoms with Crippen molar-refractivity contribution in [1.29, 1.82) is 0 Å². The molecule has 0 unspecified atom stereocenters. The third kappa shape index (κ3) is 2.95. The number of pyridine rings is 1. The maximum Gasteiger partial charge on any atom is 0.142 e. The van der Waals surface area contributed by atoms with Crippen LogP contribution in [0.4, 0.5) is 0 Å². The molecule has 0 aromatic carbocycles. The fourth-order valence-electron chi connectivity index (χ4n) is 1.64. The second-order valence-electron chi connectivity index (χ2n) is 4.69. The van der Waals surface area contributed by atoms with E-state index in [0.717, 1.165) is 12.3 Å². The van der Waals surface area contributed by atoms with Gasteiger partial charge in [0.15, 0.2) is 0 Å². The SMILES string of the molecule is CC(C)NCc1ccncc1OC1CCC1. The average molecular weight is 220 g/mol. The summed E-state index contributed by atoms with van der Waals surface area (Å²) >= 11 is 0. The maximum absolute atomic E-state index is 5.91. The highest BCUT2D eigenvalue weighted by atomic mass is 16.5. The molecule has 0 saturated heterocycles. The van der Waals surface area contributed by atoms with Crippen molar-refractivity contribution in [2.75, 3.05) is 0 Å². The molecule has 1 aromatic heterocycles. The minimum atomic E-state index is 0.419. The zero-order chi connectivity index (χ0) is 11.4. The van der Waals surface area contributed by atoms with Crippen LogP contribution in [0.1, 0.15) is 38.7 Å². The number of rotatable bonds is 5. The van der Waals surface area contributed by atoms with Gasteiger partial charge in [0.25, 0.3) is 0 Å². The standard InChI is InChI=1S/C13H20N2O/c1-10(2)15-8-11-6-7-14-9-13(11)16-12-4-3-5-12/h6-7,9-10,12,15H,3-5,8H2,1-2H3. The Kier molecular flexibility index (Phi) is 3.78. The van der Waals surface area contributed by atoms with E-state index in [2.05, 4.69) is 24.1 Å². The summed E-state index contributed by atoms with van der Waals surface area (Å²) in [5.41, 5.74) is 1.20. The molecule has 1 aliphatic carbocycles. The molecule has 1 aromatic rings. The highest BCUT2D eigenvalue weighted by Crippen LogP contribution is 2.26. The Bertz CT molecular complexity index is 334. The van der Waals surface area contributed by atoms with E-state index in [1.165, 1.54) is 24.8 Å². The predicted octanol–water partition coefficient (Wildman–Crippen LogP) is 2.51. The molecule has 0 amide bonds. The molecule has 0 radical (unpaired) electrons. The first-order valence-electron chi connectivity index (χ1n) is 6.08. The van der Waals surface area contributed by atoms with Crippen LogP contribution in [0.2, 0.25) is 0 Å². The molecule has 0 aliphatic heterocycles. The largest absolute Gasteiger partial charge is 0.488 e. The molecule has 3 nitrogen and oxygen atoms in total. The summed E-state index contributed by atoms with van der Waals surface area (Å²) in [6.45, 7) is 5.14. The summed E-state index contributed by atoms with van der Waals surface area (Å²) < 4.78 is 5.91. The number of ether oxygens (including phenoxy) is 1. The van der Waals surface area contributed by atoms with Crippen LogP contribution in [-0.2, 0) is 6.54 Å². The van der Waals surface area contributed by atoms with E-state index < -0.39 is 0 Å². The van der Waals surface area contributed by atoms with Crippen LogP contribution in [-0.4, -0.2) is 17.1 Å². The summed E-state index contributed by atoms with van der Waals surface area (Å²) in [6, 6.07) is 2.52. The van der Waals surface area contributed by atoms with E-state index in [1.54, 1.807) is 0 Å². The van der Waals surface area contributed by atoms with Gasteiger partial charge in [0.2, 0.25) is 0 Å². The van der Waals surface area contributed by atoms with Crippen molar-refractivity contribution in [3.05, 3.63) is 24.0 Å². The van der Waals surface area contributed by atoms with E-state index in [4.69, 9.17) is 4.74 Å². The second kappa shape index (κ2) is 5.30. The van der Waals surface area contributed by atoms with Gasteiger partial charge < -0.3 is 10.1 Å². The summed E-state index contributed by atoms with van der Waals surface area (Å²) in [7, 11) is 0. The summed E-state index contributed by atoms with van der Waals surface area (Å²) in [5.74, 6) is 0.945. The fraction of sp³-hybridized carbons (Fsp3) is 0.615. The van der Waals surface area contributed by atoms with Crippen molar-refractivity contribution >= 4 is 0 Å². The third-order valence-electron chi connectivity index (χ3n) is 2.92. The third-order valence-corrected chi connectivity index (χ3v) is 2.92. The van der Waals surface area contributed by atoms with Crippen molar-refractivity contribution in [2.45, 2.75) is 51.8 Å². The molecule has 2 rings (SSSR count). The van der Waals surface area contributed by atoms with Gasteiger partial charge in [0.1, 0.15) is 5.75 Å². The number of hydrogen-bond acceptors (Lipinski definition) is 3. The van der Waals surface area contributed by atoms with E-state index in [1.807, 2.05) is 18.5 Å². The number of hydrogen-bond donors (Lipinski definition) is 1. The van der Waals surface area contributed by atoms with Gasteiger partial charge in [-0.25, -0.2) is 0 Å². The second-order valence-corrected chi connectivity index (χ2v) is 4.69. The lowest BCUT2D eigenvalue weighted by atomic mass is 9.96. The molecule has 16 heavy (non-hydrogen) atoms. The Labute approximate surface area is 97.2 Å². The molecule has 0 spiro atoms. The van der Waals surface area contributed by atoms with Crippen molar-refractivity contribution in [2.24, 2.45) is 0 Å². The van der Waals surface area contributed by atoms with Crippen molar-refractivity contribution in [3.8, 4) is 5.75 Å². The first kappa shape index (κ1) is 11.4. The lowest BCUT2D eigenvalue weighted by Crippen LogP contribution is -2.26. The highest BCUT2D eigenvalue weighted by Gasteiger charge is 2.20. The molecule has 1 fully saturated rings. The van der Waals surface area contributed by atoms with Gasteiger partial charge in [0.05, 0.1) is 12.3 Å². The molecule has 88 valence electrons. The van der Waals surface area contributed by atoms with E-state index >= 15 is 0 Å². The Morgan fingerprint density at radius 1 is 1.50 bits per heavy atom. The molecule has 1 heterocycles. The minimum Gasteiger partial charge on any atom is -0.488 e. The van der Waals surface area contributed by atoms with Crippen LogP contribution in [0, 0.1) is 0 Å². The van der Waals surface area contributed by atoms with Gasteiger partial charge in [-0.15, -0.1) is 0 Å². The number of nitrogens with zero attached hydrogens (tertiary/aromatic N) is 1. The fourth-order valence-corrected chi connectivity index (χ4v) is 1.64. The quantitative estimate of drug-likeness (QED) is 0.828. The molecule has 1 aliphatic rings. The van der Waals surface area contributed by atoms with Crippen LogP contribution in [0.15, 0.2) is 18.5 Å². The Hall–Kier alpha value is -1.09. The van der Waals surface area contributed by atoms with Crippen LogP contribution in [0.25, 0.3) is 0 Å². The minimum absolute atomic E-state index is 0.419. The number of aromatic nitrogens is 1. The van der Waals surface area contributed by atoms with E-state index in [9.17, 15) is 0 Å². The lowest BCUT2D eigenvalue weighted by molar-refractivity contribution is 0.118. The molecule has 3 heteroatoms. The lowest BCUT2D eigenvalue weighted by Gasteiger charge is -2.27. The van der Waals surface area contributed by atoms with Gasteiger partial charge >= 0.3 is 0 Å². The highest BCUT2D eigenvalue weighted by molar-refractivity contribution is 5.30. The zero-order valence-electron chi connectivity index (χ0n) is 10.1. The van der Waals surface area contributed by atoms with Crippen LogP contribution < -0.4 is 10.1 Å².